The van der Waals surface area contributed by atoms with Crippen molar-refractivity contribution in [3.05, 3.63) is 87.9 Å². The number of carbonyl (C=O) groups excluding carboxylic acids is 2. The molecule has 7 nitrogen and oxygen atoms in total. The molecule has 0 spiro atoms. The van der Waals surface area contributed by atoms with Gasteiger partial charge in [-0.05, 0) is 48.6 Å². The largest absolute Gasteiger partial charge is 0.393 e. The van der Waals surface area contributed by atoms with E-state index in [0.717, 1.165) is 35.0 Å². The number of nitrogens with zero attached hydrogens (tertiary/aromatic N) is 2. The smallest absolute Gasteiger partial charge is 0.318 e. The van der Waals surface area contributed by atoms with Crippen LogP contribution in [0.4, 0.5) is 4.79 Å². The lowest BCUT2D eigenvalue weighted by molar-refractivity contribution is -0.124. The number of benzene rings is 2. The van der Waals surface area contributed by atoms with E-state index in [9.17, 15) is 14.7 Å². The summed E-state index contributed by atoms with van der Waals surface area (Å²) in [6, 6.07) is 18.8. The summed E-state index contributed by atoms with van der Waals surface area (Å²) in [4.78, 5) is 33.3. The van der Waals surface area contributed by atoms with Crippen LogP contribution in [0.5, 0.6) is 0 Å². The van der Waals surface area contributed by atoms with Gasteiger partial charge in [0.05, 0.1) is 23.4 Å². The molecule has 1 heterocycles. The minimum absolute atomic E-state index is 0.117. The fourth-order valence-electron chi connectivity index (χ4n) is 6.05. The second-order valence-electron chi connectivity index (χ2n) is 12.8. The van der Waals surface area contributed by atoms with Crippen molar-refractivity contribution >= 4 is 23.3 Å². The third kappa shape index (κ3) is 11.0. The van der Waals surface area contributed by atoms with Crippen LogP contribution in [-0.4, -0.2) is 52.2 Å². The van der Waals surface area contributed by atoms with Crippen molar-refractivity contribution in [2.45, 2.75) is 103 Å². The van der Waals surface area contributed by atoms with Crippen LogP contribution >= 0.6 is 11.3 Å². The summed E-state index contributed by atoms with van der Waals surface area (Å²) in [7, 11) is 1.74. The molecule has 0 unspecified atom stereocenters. The maximum absolute atomic E-state index is 13.6. The van der Waals surface area contributed by atoms with E-state index >= 15 is 0 Å². The molecule has 3 N–H and O–H groups in total. The molecular formula is C36H50N4O3S. The molecule has 238 valence electrons. The molecule has 1 fully saturated rings. The van der Waals surface area contributed by atoms with E-state index in [0.29, 0.717) is 25.8 Å². The molecule has 1 aliphatic rings. The predicted molar refractivity (Wildman–Crippen MR) is 178 cm³/mol. The Hall–Kier alpha value is -3.23. The summed E-state index contributed by atoms with van der Waals surface area (Å²) in [6.45, 7) is 4.26. The van der Waals surface area contributed by atoms with Gasteiger partial charge < -0.3 is 20.6 Å². The van der Waals surface area contributed by atoms with Gasteiger partial charge in [-0.1, -0.05) is 107 Å². The van der Waals surface area contributed by atoms with Crippen molar-refractivity contribution in [3.63, 3.8) is 0 Å². The number of nitrogens with one attached hydrogen (secondary N) is 2. The first kappa shape index (κ1) is 33.7. The summed E-state index contributed by atoms with van der Waals surface area (Å²) < 4.78 is 0. The van der Waals surface area contributed by atoms with E-state index in [2.05, 4.69) is 22.8 Å². The summed E-state index contributed by atoms with van der Waals surface area (Å²) in [5.74, 6) is 0.375. The Balaban J connectivity index is 1.33. The van der Waals surface area contributed by atoms with Gasteiger partial charge in [0.1, 0.15) is 6.04 Å². The van der Waals surface area contributed by atoms with Crippen LogP contribution in [0.15, 0.2) is 66.0 Å². The summed E-state index contributed by atoms with van der Waals surface area (Å²) in [5.41, 5.74) is 3.15. The van der Waals surface area contributed by atoms with Crippen molar-refractivity contribution in [1.29, 1.82) is 0 Å². The zero-order valence-corrected chi connectivity index (χ0v) is 27.4. The van der Waals surface area contributed by atoms with E-state index in [-0.39, 0.29) is 23.9 Å². The zero-order chi connectivity index (χ0) is 31.3. The topological polar surface area (TPSA) is 94.6 Å². The predicted octanol–water partition coefficient (Wildman–Crippen LogP) is 6.54. The lowest BCUT2D eigenvalue weighted by Crippen LogP contribution is -2.55. The Morgan fingerprint density at radius 1 is 0.977 bits per heavy atom. The third-order valence-corrected chi connectivity index (χ3v) is 9.52. The van der Waals surface area contributed by atoms with Crippen LogP contribution in [0.3, 0.4) is 0 Å². The van der Waals surface area contributed by atoms with Gasteiger partial charge in [0.15, 0.2) is 0 Å². The average molecular weight is 619 g/mol. The molecule has 0 radical (unpaired) electrons. The SMILES string of the molecule is CC(C)[C@H](NC(=O)N(C)Cc1csc(CC2CCCCC2)n1)C(=O)N[C@@H](Cc1ccccc1)C[C@@H](O)CCc1ccccc1. The Bertz CT molecular complexity index is 1280. The molecule has 0 saturated heterocycles. The number of urea groups is 1. The van der Waals surface area contributed by atoms with Crippen LogP contribution in [0, 0.1) is 11.8 Å². The molecule has 3 amide bonds. The van der Waals surface area contributed by atoms with E-state index in [1.807, 2.05) is 67.8 Å². The van der Waals surface area contributed by atoms with Crippen LogP contribution in [0.2, 0.25) is 0 Å². The Morgan fingerprint density at radius 3 is 2.30 bits per heavy atom. The quantitative estimate of drug-likeness (QED) is 0.180. The van der Waals surface area contributed by atoms with Gasteiger partial charge in [-0.3, -0.25) is 4.79 Å². The van der Waals surface area contributed by atoms with E-state index in [1.54, 1.807) is 23.3 Å². The van der Waals surface area contributed by atoms with E-state index in [4.69, 9.17) is 4.98 Å². The molecule has 0 aliphatic heterocycles. The number of amides is 3. The normalized spacial score (nSPS) is 15.8. The maximum Gasteiger partial charge on any atom is 0.318 e. The average Bonchev–Trinajstić information content (AvgIpc) is 3.46. The fraction of sp³-hybridized carbons (Fsp3) is 0.528. The highest BCUT2D eigenvalue weighted by Crippen LogP contribution is 2.28. The van der Waals surface area contributed by atoms with E-state index in [1.165, 1.54) is 37.7 Å². The number of thiazole rings is 1. The van der Waals surface area contributed by atoms with Crippen molar-refractivity contribution < 1.29 is 14.7 Å². The van der Waals surface area contributed by atoms with E-state index < -0.39 is 12.1 Å². The van der Waals surface area contributed by atoms with Gasteiger partial charge in [0.2, 0.25) is 5.91 Å². The molecule has 1 aromatic heterocycles. The highest BCUT2D eigenvalue weighted by Gasteiger charge is 2.28. The first-order valence-corrected chi connectivity index (χ1v) is 17.2. The summed E-state index contributed by atoms with van der Waals surface area (Å²) >= 11 is 1.68. The van der Waals surface area contributed by atoms with Crippen LogP contribution < -0.4 is 10.6 Å². The van der Waals surface area contributed by atoms with Gasteiger partial charge in [0, 0.05) is 24.9 Å². The Labute approximate surface area is 267 Å². The Morgan fingerprint density at radius 2 is 1.64 bits per heavy atom. The van der Waals surface area contributed by atoms with Crippen molar-refractivity contribution in [2.75, 3.05) is 7.05 Å². The van der Waals surface area contributed by atoms with Crippen LogP contribution in [0.1, 0.15) is 80.6 Å². The minimum Gasteiger partial charge on any atom is -0.393 e. The number of hydrogen-bond acceptors (Lipinski definition) is 5. The number of aliphatic hydroxyl groups is 1. The molecule has 2 aromatic carbocycles. The number of aryl methyl sites for hydroxylation is 1. The second kappa shape index (κ2) is 17.3. The minimum atomic E-state index is -0.706. The van der Waals surface area contributed by atoms with Crippen LogP contribution in [-0.2, 0) is 30.6 Å². The number of aromatic nitrogens is 1. The highest BCUT2D eigenvalue weighted by molar-refractivity contribution is 7.09. The first-order chi connectivity index (χ1) is 21.3. The number of carbonyl (C=O) groups is 2. The van der Waals surface area contributed by atoms with Gasteiger partial charge >= 0.3 is 6.03 Å². The highest BCUT2D eigenvalue weighted by atomic mass is 32.1. The number of aliphatic hydroxyl groups excluding tert-OH is 1. The van der Waals surface area contributed by atoms with Crippen molar-refractivity contribution in [1.82, 2.24) is 20.5 Å². The molecule has 3 atom stereocenters. The molecule has 1 aliphatic carbocycles. The molecule has 44 heavy (non-hydrogen) atoms. The van der Waals surface area contributed by atoms with Crippen LogP contribution in [0.25, 0.3) is 0 Å². The Kier molecular flexibility index (Phi) is 13.2. The fourth-order valence-corrected chi connectivity index (χ4v) is 6.95. The molecule has 3 aromatic rings. The van der Waals surface area contributed by atoms with Gasteiger partial charge in [-0.25, -0.2) is 9.78 Å². The summed E-state index contributed by atoms with van der Waals surface area (Å²) in [5, 5.41) is 20.3. The van der Waals surface area contributed by atoms with Gasteiger partial charge in [-0.2, -0.15) is 0 Å². The molecule has 8 heteroatoms. The van der Waals surface area contributed by atoms with Gasteiger partial charge in [0.25, 0.3) is 0 Å². The van der Waals surface area contributed by atoms with Crippen molar-refractivity contribution in [2.24, 2.45) is 11.8 Å². The maximum atomic E-state index is 13.6. The second-order valence-corrected chi connectivity index (χ2v) is 13.7. The molecule has 4 rings (SSSR count). The molecular weight excluding hydrogens is 568 g/mol. The molecule has 1 saturated carbocycles. The zero-order valence-electron chi connectivity index (χ0n) is 26.6. The molecule has 0 bridgehead atoms. The first-order valence-electron chi connectivity index (χ1n) is 16.3. The lowest BCUT2D eigenvalue weighted by Gasteiger charge is -2.28. The monoisotopic (exact) mass is 618 g/mol. The van der Waals surface area contributed by atoms with Gasteiger partial charge in [-0.15, -0.1) is 11.3 Å². The van der Waals surface area contributed by atoms with Crippen molar-refractivity contribution in [3.8, 4) is 0 Å². The number of hydrogen-bond donors (Lipinski definition) is 3. The standard InChI is InChI=1S/C36H50N4O3S/c1-26(2)34(39-36(43)40(3)24-31-25-44-33(37-31)22-29-17-11-6-12-18-29)35(42)38-30(21-28-15-9-5-10-16-28)23-32(41)20-19-27-13-7-4-8-14-27/h4-5,7-10,13-16,25-26,29-30,32,34,41H,6,11-12,17-24H2,1-3H3,(H,38,42)(H,39,43)/t30-,32-,34-/m0/s1. The number of rotatable bonds is 15. The third-order valence-electron chi connectivity index (χ3n) is 8.60. The lowest BCUT2D eigenvalue weighted by atomic mass is 9.87. The summed E-state index contributed by atoms with van der Waals surface area (Å²) in [6.07, 6.45) is 9.43.